The van der Waals surface area contributed by atoms with Gasteiger partial charge in [-0.25, -0.2) is 4.98 Å². The summed E-state index contributed by atoms with van der Waals surface area (Å²) in [7, 11) is 1.29. The molecule has 0 bridgehead atoms. The number of carbonyl (C=O) groups excluding carboxylic acids is 1. The fourth-order valence-corrected chi connectivity index (χ4v) is 2.18. The molecule has 1 aromatic carbocycles. The van der Waals surface area contributed by atoms with Crippen LogP contribution in [0.15, 0.2) is 36.5 Å². The second kappa shape index (κ2) is 6.88. The molecule has 1 amide bonds. The monoisotopic (exact) mass is 352 g/mol. The minimum atomic E-state index is -3.35. The third-order valence-corrected chi connectivity index (χ3v) is 3.08. The molecule has 1 atom stereocenters. The van der Waals surface area contributed by atoms with Crippen molar-refractivity contribution >= 4 is 32.4 Å². The molecule has 1 heterocycles. The number of amides is 1. The van der Waals surface area contributed by atoms with Crippen LogP contribution in [0, 0.1) is 5.41 Å². The number of rotatable bonds is 6. The number of anilines is 2. The number of nitrogens with one attached hydrogen (secondary N) is 2. The molecule has 0 saturated heterocycles. The van der Waals surface area contributed by atoms with Gasteiger partial charge in [-0.15, -0.1) is 0 Å². The number of carbonyl (C=O) groups is 1. The van der Waals surface area contributed by atoms with E-state index in [2.05, 4.69) is 15.0 Å². The fourth-order valence-electron chi connectivity index (χ4n) is 2.04. The summed E-state index contributed by atoms with van der Waals surface area (Å²) in [6, 6.07) is 7.16. The highest BCUT2D eigenvalue weighted by molar-refractivity contribution is 7.17. The second-order valence-corrected chi connectivity index (χ2v) is 5.56. The van der Waals surface area contributed by atoms with Gasteiger partial charge in [-0.2, -0.15) is 8.78 Å². The Morgan fingerprint density at radius 3 is 2.46 bits per heavy atom. The van der Waals surface area contributed by atoms with Crippen LogP contribution in [0.2, 0.25) is 0 Å². The first-order valence-corrected chi connectivity index (χ1v) is 7.32. The molecule has 1 unspecified atom stereocenters. The number of halogens is 2. The molecule has 0 aliphatic heterocycles. The van der Waals surface area contributed by atoms with E-state index >= 15 is 0 Å². The van der Waals surface area contributed by atoms with Crippen LogP contribution in [-0.4, -0.2) is 22.5 Å². The number of ether oxygens (including phenoxy) is 1. The van der Waals surface area contributed by atoms with Crippen LogP contribution in [0.4, 0.5) is 20.3 Å². The number of primary amides is 1. The van der Waals surface area contributed by atoms with Crippen molar-refractivity contribution in [2.75, 3.05) is 5.32 Å². The number of nitrogens with zero attached hydrogens (tertiary/aromatic N) is 1. The molecule has 6 nitrogen and oxygen atoms in total. The minimum absolute atomic E-state index is 0.0112. The van der Waals surface area contributed by atoms with E-state index < -0.39 is 11.8 Å². The summed E-state index contributed by atoms with van der Waals surface area (Å²) < 4.78 is 29.9. The quantitative estimate of drug-likeness (QED) is 0.549. The van der Waals surface area contributed by atoms with Crippen molar-refractivity contribution in [3.8, 4) is 5.75 Å². The summed E-state index contributed by atoms with van der Waals surface area (Å²) >= 11 is 0. The van der Waals surface area contributed by atoms with E-state index in [1.165, 1.54) is 52.7 Å². The number of pyridine rings is 1. The highest BCUT2D eigenvalue weighted by Crippen LogP contribution is 2.29. The van der Waals surface area contributed by atoms with Crippen LogP contribution in [0.5, 0.6) is 5.75 Å². The van der Waals surface area contributed by atoms with Gasteiger partial charge in [-0.3, -0.25) is 4.79 Å². The normalized spacial score (nSPS) is 11.0. The highest BCUT2D eigenvalue weighted by Gasteiger charge is 2.23. The smallest absolute Gasteiger partial charge is 0.408 e. The maximum absolute atomic E-state index is 12.8. The molecule has 126 valence electrons. The Kier molecular flexibility index (Phi) is 5.09. The minimum Gasteiger partial charge on any atom is -0.430 e. The lowest BCUT2D eigenvalue weighted by molar-refractivity contribution is -0.0892. The Morgan fingerprint density at radius 2 is 1.96 bits per heavy atom. The largest absolute Gasteiger partial charge is 0.430 e. The van der Waals surface area contributed by atoms with Crippen molar-refractivity contribution in [1.29, 1.82) is 5.41 Å². The van der Waals surface area contributed by atoms with Gasteiger partial charge >= 0.3 is 5.85 Å². The summed E-state index contributed by atoms with van der Waals surface area (Å²) in [6.07, 6.45) is 1.39. The summed E-state index contributed by atoms with van der Waals surface area (Å²) in [5, 5.41) is 10.7. The summed E-state index contributed by atoms with van der Waals surface area (Å²) in [4.78, 5) is 15.6. The summed E-state index contributed by atoms with van der Waals surface area (Å²) in [5.41, 5.74) is 6.39. The molecule has 1 aromatic heterocycles. The predicted molar refractivity (Wildman–Crippen MR) is 90.3 cm³/mol. The van der Waals surface area contributed by atoms with Crippen molar-refractivity contribution in [2.45, 2.75) is 12.8 Å². The van der Waals surface area contributed by atoms with Crippen molar-refractivity contribution in [2.24, 2.45) is 5.73 Å². The molecule has 2 aromatic rings. The van der Waals surface area contributed by atoms with Crippen LogP contribution in [0.3, 0.4) is 0 Å². The Bertz CT molecular complexity index is 776. The molecule has 0 saturated carbocycles. The number of alkyl halides is 2. The average molecular weight is 352 g/mol. The maximum Gasteiger partial charge on any atom is 0.408 e. The molecular weight excluding hydrogens is 337 g/mol. The Hall–Kier alpha value is -2.60. The number of hydrogen-bond acceptors (Lipinski definition) is 5. The van der Waals surface area contributed by atoms with Gasteiger partial charge in [-0.1, -0.05) is 0 Å². The number of aromatic nitrogens is 1. The van der Waals surface area contributed by atoms with Crippen molar-refractivity contribution < 1.29 is 18.3 Å². The molecule has 0 radical (unpaired) electrons. The molecule has 24 heavy (non-hydrogen) atoms. The zero-order valence-corrected chi connectivity index (χ0v) is 13.8. The summed E-state index contributed by atoms with van der Waals surface area (Å²) in [5.74, 6) is -3.77. The molecular formula is C15H15F2N4O2P. The number of hydrogen-bond donors (Lipinski definition) is 3. The van der Waals surface area contributed by atoms with Crippen molar-refractivity contribution in [3.63, 3.8) is 0 Å². The zero-order valence-electron chi connectivity index (χ0n) is 12.6. The first-order valence-electron chi connectivity index (χ1n) is 6.74. The topological polar surface area (TPSA) is 101 Å². The molecule has 0 aliphatic carbocycles. The second-order valence-electron chi connectivity index (χ2n) is 4.88. The first kappa shape index (κ1) is 17.7. The number of benzene rings is 1. The van der Waals surface area contributed by atoms with Gasteiger partial charge in [0.15, 0.2) is 0 Å². The van der Waals surface area contributed by atoms with E-state index in [0.29, 0.717) is 5.69 Å². The van der Waals surface area contributed by atoms with E-state index in [-0.39, 0.29) is 28.4 Å². The van der Waals surface area contributed by atoms with Gasteiger partial charge in [0.2, 0.25) is 5.91 Å². The predicted octanol–water partition coefficient (Wildman–Crippen LogP) is 3.12. The fraction of sp³-hybridized carbons (Fsp3) is 0.133. The lowest BCUT2D eigenvalue weighted by atomic mass is 10.0. The van der Waals surface area contributed by atoms with Crippen LogP contribution < -0.4 is 15.8 Å². The van der Waals surface area contributed by atoms with Gasteiger partial charge in [0, 0.05) is 17.6 Å². The Morgan fingerprint density at radius 1 is 1.33 bits per heavy atom. The molecule has 2 rings (SSSR count). The lowest BCUT2D eigenvalue weighted by Gasteiger charge is -2.15. The molecule has 0 aliphatic rings. The molecule has 0 fully saturated rings. The summed E-state index contributed by atoms with van der Waals surface area (Å²) in [6.45, 7) is 1.51. The SMILES string of the molecule is CC(=N)c1c(C(N)=O)ccnc1Nc1ccc(OC(F)(F)P)cc1. The van der Waals surface area contributed by atoms with Crippen LogP contribution in [0.1, 0.15) is 22.8 Å². The van der Waals surface area contributed by atoms with E-state index in [0.717, 1.165) is 0 Å². The number of nitrogens with two attached hydrogens (primary N) is 1. The lowest BCUT2D eigenvalue weighted by Crippen LogP contribution is -2.17. The van der Waals surface area contributed by atoms with Crippen LogP contribution in [-0.2, 0) is 0 Å². The van der Waals surface area contributed by atoms with E-state index in [1.54, 1.807) is 0 Å². The zero-order chi connectivity index (χ0) is 17.9. The van der Waals surface area contributed by atoms with Crippen molar-refractivity contribution in [1.82, 2.24) is 4.98 Å². The maximum atomic E-state index is 12.8. The van der Waals surface area contributed by atoms with Gasteiger partial charge in [0.05, 0.1) is 11.1 Å². The van der Waals surface area contributed by atoms with Crippen molar-refractivity contribution in [3.05, 3.63) is 47.7 Å². The first-order chi connectivity index (χ1) is 11.2. The Balaban J connectivity index is 2.30. The molecule has 0 spiro atoms. The standard InChI is InChI=1S/C15H15F2N4O2P/c1-8(18)12-11(13(19)22)6-7-20-14(12)21-9-2-4-10(5-3-9)23-15(16,17)24/h2-7,18H,24H2,1H3,(H2,19,22)(H,20,21). The van der Waals surface area contributed by atoms with Crippen LogP contribution >= 0.6 is 9.24 Å². The van der Waals surface area contributed by atoms with Crippen LogP contribution in [0.25, 0.3) is 0 Å². The molecule has 4 N–H and O–H groups in total. The van der Waals surface area contributed by atoms with E-state index in [1.807, 2.05) is 0 Å². The Labute approximate surface area is 139 Å². The van der Waals surface area contributed by atoms with E-state index in [4.69, 9.17) is 11.1 Å². The van der Waals surface area contributed by atoms with E-state index in [9.17, 15) is 13.6 Å². The van der Waals surface area contributed by atoms with Gasteiger partial charge in [0.1, 0.15) is 11.6 Å². The third-order valence-electron chi connectivity index (χ3n) is 2.96. The molecule has 9 heteroatoms. The average Bonchev–Trinajstić information content (AvgIpc) is 2.47. The van der Waals surface area contributed by atoms with Gasteiger partial charge in [-0.05, 0) is 46.5 Å². The highest BCUT2D eigenvalue weighted by atomic mass is 31.0. The third kappa shape index (κ3) is 4.45. The van der Waals surface area contributed by atoms with Gasteiger partial charge in [0.25, 0.3) is 0 Å². The van der Waals surface area contributed by atoms with Gasteiger partial charge < -0.3 is 21.2 Å².